The number of carbonyl (C=O) groups excluding carboxylic acids is 1. The van der Waals surface area contributed by atoms with Crippen molar-refractivity contribution in [3.63, 3.8) is 0 Å². The van der Waals surface area contributed by atoms with E-state index in [0.717, 1.165) is 5.56 Å². The minimum atomic E-state index is -1.36. The van der Waals surface area contributed by atoms with Crippen molar-refractivity contribution in [2.45, 2.75) is 6.04 Å². The second-order valence-electron chi connectivity index (χ2n) is 4.08. The van der Waals surface area contributed by atoms with Crippen LogP contribution in [0, 0.1) is 0 Å². The van der Waals surface area contributed by atoms with Crippen LogP contribution in [0.25, 0.3) is 11.1 Å². The van der Waals surface area contributed by atoms with Crippen LogP contribution in [0.4, 0.5) is 0 Å². The van der Waals surface area contributed by atoms with Crippen LogP contribution < -0.4 is 5.32 Å². The van der Waals surface area contributed by atoms with Gasteiger partial charge in [0.2, 0.25) is 0 Å². The van der Waals surface area contributed by atoms with Gasteiger partial charge in [0, 0.05) is 5.56 Å². The molecule has 1 unspecified atom stereocenters. The van der Waals surface area contributed by atoms with Crippen molar-refractivity contribution in [3.8, 4) is 11.1 Å². The topological polar surface area (TPSA) is 99.8 Å². The molecule has 2 aromatic rings. The van der Waals surface area contributed by atoms with Crippen LogP contribution in [0.1, 0.15) is 10.6 Å². The number of carbonyl (C=O) groups is 2. The Morgan fingerprint density at radius 1 is 1.20 bits per heavy atom. The van der Waals surface area contributed by atoms with E-state index in [1.165, 1.54) is 6.26 Å². The number of furan rings is 1. The zero-order chi connectivity index (χ0) is 14.5. The molecule has 0 aliphatic carbocycles. The highest BCUT2D eigenvalue weighted by Crippen LogP contribution is 2.24. The summed E-state index contributed by atoms with van der Waals surface area (Å²) in [6, 6.07) is 9.35. The quantitative estimate of drug-likeness (QED) is 0.759. The molecule has 20 heavy (non-hydrogen) atoms. The first-order chi connectivity index (χ1) is 9.63. The third-order valence-electron chi connectivity index (χ3n) is 2.74. The SMILES string of the molecule is O=C(NC(CO)C(=O)O)c1occc1-c1ccccc1. The van der Waals surface area contributed by atoms with Gasteiger partial charge in [-0.15, -0.1) is 0 Å². The van der Waals surface area contributed by atoms with Crippen LogP contribution in [-0.4, -0.2) is 34.7 Å². The molecular weight excluding hydrogens is 262 g/mol. The maximum Gasteiger partial charge on any atom is 0.328 e. The van der Waals surface area contributed by atoms with Crippen molar-refractivity contribution in [3.05, 3.63) is 48.4 Å². The van der Waals surface area contributed by atoms with Crippen molar-refractivity contribution in [2.24, 2.45) is 0 Å². The Bertz CT molecular complexity index is 605. The van der Waals surface area contributed by atoms with Gasteiger partial charge in [0.25, 0.3) is 5.91 Å². The number of nitrogens with one attached hydrogen (secondary N) is 1. The van der Waals surface area contributed by atoms with Crippen LogP contribution in [0.15, 0.2) is 47.1 Å². The minimum Gasteiger partial charge on any atom is -0.480 e. The summed E-state index contributed by atoms with van der Waals surface area (Å²) >= 11 is 0. The normalized spacial score (nSPS) is 11.8. The average Bonchev–Trinajstić information content (AvgIpc) is 2.94. The first kappa shape index (κ1) is 13.8. The zero-order valence-corrected chi connectivity index (χ0v) is 10.4. The highest BCUT2D eigenvalue weighted by Gasteiger charge is 2.23. The van der Waals surface area contributed by atoms with Crippen LogP contribution in [-0.2, 0) is 4.79 Å². The van der Waals surface area contributed by atoms with E-state index < -0.39 is 24.5 Å². The van der Waals surface area contributed by atoms with E-state index in [9.17, 15) is 9.59 Å². The number of rotatable bonds is 5. The van der Waals surface area contributed by atoms with Gasteiger partial charge in [0.05, 0.1) is 12.9 Å². The summed E-state index contributed by atoms with van der Waals surface area (Å²) in [7, 11) is 0. The summed E-state index contributed by atoms with van der Waals surface area (Å²) in [6.45, 7) is -0.692. The molecule has 6 nitrogen and oxygen atoms in total. The smallest absolute Gasteiger partial charge is 0.328 e. The number of carboxylic acid groups (broad SMARTS) is 1. The lowest BCUT2D eigenvalue weighted by Gasteiger charge is -2.11. The van der Waals surface area contributed by atoms with Crippen LogP contribution in [0.2, 0.25) is 0 Å². The highest BCUT2D eigenvalue weighted by atomic mass is 16.4. The number of aliphatic hydroxyl groups is 1. The summed E-state index contributed by atoms with van der Waals surface area (Å²) < 4.78 is 5.12. The maximum absolute atomic E-state index is 12.0. The Labute approximate surface area is 114 Å². The molecule has 1 amide bonds. The van der Waals surface area contributed by atoms with E-state index in [1.54, 1.807) is 6.07 Å². The van der Waals surface area contributed by atoms with Gasteiger partial charge in [-0.05, 0) is 11.6 Å². The molecule has 0 radical (unpaired) electrons. The fourth-order valence-corrected chi connectivity index (χ4v) is 1.74. The molecule has 1 atom stereocenters. The van der Waals surface area contributed by atoms with Crippen molar-refractivity contribution < 1.29 is 24.2 Å². The van der Waals surface area contributed by atoms with Crippen molar-refractivity contribution in [2.75, 3.05) is 6.61 Å². The molecule has 0 spiro atoms. The van der Waals surface area contributed by atoms with E-state index >= 15 is 0 Å². The van der Waals surface area contributed by atoms with Crippen LogP contribution >= 0.6 is 0 Å². The fourth-order valence-electron chi connectivity index (χ4n) is 1.74. The van der Waals surface area contributed by atoms with Crippen LogP contribution in [0.5, 0.6) is 0 Å². The van der Waals surface area contributed by atoms with Gasteiger partial charge in [-0.1, -0.05) is 30.3 Å². The van der Waals surface area contributed by atoms with E-state index in [0.29, 0.717) is 5.56 Å². The van der Waals surface area contributed by atoms with E-state index in [1.807, 2.05) is 30.3 Å². The fraction of sp³-hybridized carbons (Fsp3) is 0.143. The standard InChI is InChI=1S/C14H13NO5/c16-8-11(14(18)19)15-13(17)12-10(6-7-20-12)9-4-2-1-3-5-9/h1-7,11,16H,8H2,(H,15,17)(H,18,19). The van der Waals surface area contributed by atoms with Gasteiger partial charge in [-0.2, -0.15) is 0 Å². The van der Waals surface area contributed by atoms with E-state index in [2.05, 4.69) is 5.32 Å². The van der Waals surface area contributed by atoms with Crippen molar-refractivity contribution in [1.82, 2.24) is 5.32 Å². The highest BCUT2D eigenvalue weighted by molar-refractivity contribution is 5.99. The lowest BCUT2D eigenvalue weighted by molar-refractivity contribution is -0.140. The second-order valence-corrected chi connectivity index (χ2v) is 4.08. The first-order valence-electron chi connectivity index (χ1n) is 5.91. The van der Waals surface area contributed by atoms with E-state index in [-0.39, 0.29) is 5.76 Å². The Hall–Kier alpha value is -2.60. The lowest BCUT2D eigenvalue weighted by atomic mass is 10.1. The summed E-state index contributed by atoms with van der Waals surface area (Å²) in [5.41, 5.74) is 1.34. The number of carboxylic acids is 1. The molecule has 2 rings (SSSR count). The number of amides is 1. The molecular formula is C14H13NO5. The molecule has 6 heteroatoms. The Balaban J connectivity index is 2.24. The molecule has 0 bridgehead atoms. The van der Waals surface area contributed by atoms with Crippen molar-refractivity contribution >= 4 is 11.9 Å². The van der Waals surface area contributed by atoms with E-state index in [4.69, 9.17) is 14.6 Å². The van der Waals surface area contributed by atoms with Gasteiger partial charge < -0.3 is 19.9 Å². The monoisotopic (exact) mass is 275 g/mol. The van der Waals surface area contributed by atoms with Crippen LogP contribution in [0.3, 0.4) is 0 Å². The third kappa shape index (κ3) is 2.86. The second kappa shape index (κ2) is 6.03. The Morgan fingerprint density at radius 3 is 2.50 bits per heavy atom. The van der Waals surface area contributed by atoms with Gasteiger partial charge in [-0.3, -0.25) is 4.79 Å². The Kier molecular flexibility index (Phi) is 4.17. The average molecular weight is 275 g/mol. The number of aliphatic hydroxyl groups excluding tert-OH is 1. The molecule has 0 saturated carbocycles. The predicted octanol–water partition coefficient (Wildman–Crippen LogP) is 1.12. The van der Waals surface area contributed by atoms with Crippen molar-refractivity contribution in [1.29, 1.82) is 0 Å². The molecule has 1 heterocycles. The lowest BCUT2D eigenvalue weighted by Crippen LogP contribution is -2.43. The number of benzene rings is 1. The summed E-state index contributed by atoms with van der Waals surface area (Å²) in [5, 5.41) is 19.9. The molecule has 0 aliphatic heterocycles. The zero-order valence-electron chi connectivity index (χ0n) is 10.4. The molecule has 0 saturated heterocycles. The maximum atomic E-state index is 12.0. The first-order valence-corrected chi connectivity index (χ1v) is 5.91. The predicted molar refractivity (Wildman–Crippen MR) is 70.1 cm³/mol. The van der Waals surface area contributed by atoms with Gasteiger partial charge in [0.1, 0.15) is 0 Å². The molecule has 1 aromatic carbocycles. The third-order valence-corrected chi connectivity index (χ3v) is 2.74. The number of hydrogen-bond acceptors (Lipinski definition) is 4. The molecule has 0 fully saturated rings. The molecule has 0 aliphatic rings. The summed E-state index contributed by atoms with van der Waals surface area (Å²) in [6.07, 6.45) is 1.35. The molecule has 3 N–H and O–H groups in total. The summed E-state index contributed by atoms with van der Waals surface area (Å²) in [5.74, 6) is -1.99. The molecule has 1 aromatic heterocycles. The van der Waals surface area contributed by atoms with Gasteiger partial charge in [-0.25, -0.2) is 4.79 Å². The number of aliphatic carboxylic acids is 1. The molecule has 104 valence electrons. The van der Waals surface area contributed by atoms with Gasteiger partial charge >= 0.3 is 5.97 Å². The van der Waals surface area contributed by atoms with Gasteiger partial charge in [0.15, 0.2) is 11.8 Å². The minimum absolute atomic E-state index is 0.0101. The number of hydrogen-bond donors (Lipinski definition) is 3. The largest absolute Gasteiger partial charge is 0.480 e. The summed E-state index contributed by atoms with van der Waals surface area (Å²) in [4.78, 5) is 22.8. The Morgan fingerprint density at radius 2 is 1.90 bits per heavy atom.